The summed E-state index contributed by atoms with van der Waals surface area (Å²) < 4.78 is 1.60. The van der Waals surface area contributed by atoms with E-state index in [1.54, 1.807) is 10.5 Å². The molecule has 2 aromatic heterocycles. The van der Waals surface area contributed by atoms with Crippen molar-refractivity contribution in [2.45, 2.75) is 32.4 Å². The predicted octanol–water partition coefficient (Wildman–Crippen LogP) is 0.926. The molecule has 5 heteroatoms. The Labute approximate surface area is 118 Å². The van der Waals surface area contributed by atoms with Crippen molar-refractivity contribution < 1.29 is 0 Å². The Morgan fingerprint density at radius 2 is 2.30 bits per heavy atom. The van der Waals surface area contributed by atoms with Gasteiger partial charge in [-0.1, -0.05) is 6.07 Å². The molecule has 1 atom stereocenters. The third-order valence-electron chi connectivity index (χ3n) is 3.79. The van der Waals surface area contributed by atoms with Gasteiger partial charge in [-0.05, 0) is 37.9 Å². The zero-order chi connectivity index (χ0) is 14.1. The summed E-state index contributed by atoms with van der Waals surface area (Å²) in [5.41, 5.74) is 8.56. The average Bonchev–Trinajstić information content (AvgIpc) is 2.40. The molecule has 2 aromatic rings. The first-order valence-electron chi connectivity index (χ1n) is 7.09. The molecule has 3 rings (SSSR count). The van der Waals surface area contributed by atoms with E-state index in [0.717, 1.165) is 37.2 Å². The summed E-state index contributed by atoms with van der Waals surface area (Å²) >= 11 is 0. The van der Waals surface area contributed by atoms with Crippen LogP contribution in [0, 0.1) is 6.92 Å². The maximum absolute atomic E-state index is 12.1. The van der Waals surface area contributed by atoms with E-state index in [-0.39, 0.29) is 11.6 Å². The third kappa shape index (κ3) is 2.73. The number of nitrogens with zero attached hydrogens (tertiary/aromatic N) is 3. The third-order valence-corrected chi connectivity index (χ3v) is 3.79. The first kappa shape index (κ1) is 13.3. The quantitative estimate of drug-likeness (QED) is 0.883. The van der Waals surface area contributed by atoms with Crippen molar-refractivity contribution in [2.75, 3.05) is 13.1 Å². The minimum atomic E-state index is -0.0185. The first-order valence-corrected chi connectivity index (χ1v) is 7.09. The monoisotopic (exact) mass is 272 g/mol. The second kappa shape index (κ2) is 5.34. The molecule has 0 saturated carbocycles. The number of aryl methyl sites for hydroxylation is 1. The lowest BCUT2D eigenvalue weighted by atomic mass is 10.1. The van der Waals surface area contributed by atoms with Gasteiger partial charge in [0.05, 0.1) is 5.69 Å². The van der Waals surface area contributed by atoms with Gasteiger partial charge in [0.2, 0.25) is 0 Å². The summed E-state index contributed by atoms with van der Waals surface area (Å²) in [7, 11) is 0. The van der Waals surface area contributed by atoms with Gasteiger partial charge < -0.3 is 5.73 Å². The van der Waals surface area contributed by atoms with E-state index in [2.05, 4.69) is 9.88 Å². The molecule has 0 spiro atoms. The Morgan fingerprint density at radius 1 is 1.45 bits per heavy atom. The van der Waals surface area contributed by atoms with Gasteiger partial charge in [-0.15, -0.1) is 0 Å². The predicted molar refractivity (Wildman–Crippen MR) is 78.7 cm³/mol. The second-order valence-electron chi connectivity index (χ2n) is 5.66. The van der Waals surface area contributed by atoms with Crippen LogP contribution >= 0.6 is 0 Å². The Balaban J connectivity index is 1.89. The van der Waals surface area contributed by atoms with Gasteiger partial charge in [0, 0.05) is 31.4 Å². The van der Waals surface area contributed by atoms with E-state index in [4.69, 9.17) is 5.73 Å². The van der Waals surface area contributed by atoms with Crippen molar-refractivity contribution in [3.63, 3.8) is 0 Å². The fourth-order valence-electron chi connectivity index (χ4n) is 2.80. The molecule has 1 saturated heterocycles. The van der Waals surface area contributed by atoms with Crippen molar-refractivity contribution >= 4 is 5.65 Å². The van der Waals surface area contributed by atoms with Crippen LogP contribution in [0.1, 0.15) is 24.1 Å². The van der Waals surface area contributed by atoms with E-state index >= 15 is 0 Å². The summed E-state index contributed by atoms with van der Waals surface area (Å²) in [4.78, 5) is 19.0. The van der Waals surface area contributed by atoms with Gasteiger partial charge in [-0.3, -0.25) is 14.1 Å². The summed E-state index contributed by atoms with van der Waals surface area (Å²) in [6.07, 6.45) is 4.03. The summed E-state index contributed by atoms with van der Waals surface area (Å²) in [5, 5.41) is 0. The molecule has 106 valence electrons. The fraction of sp³-hybridized carbons (Fsp3) is 0.467. The number of nitrogens with two attached hydrogens (primary N) is 1. The number of aromatic nitrogens is 2. The van der Waals surface area contributed by atoms with Crippen molar-refractivity contribution in [3.8, 4) is 0 Å². The molecule has 1 aliphatic heterocycles. The number of likely N-dealkylation sites (tertiary alicyclic amines) is 1. The molecule has 5 nitrogen and oxygen atoms in total. The second-order valence-corrected chi connectivity index (χ2v) is 5.66. The number of rotatable bonds is 2. The Kier molecular flexibility index (Phi) is 3.54. The van der Waals surface area contributed by atoms with Crippen LogP contribution in [0.25, 0.3) is 5.65 Å². The van der Waals surface area contributed by atoms with Crippen LogP contribution in [0.4, 0.5) is 0 Å². The van der Waals surface area contributed by atoms with Crippen molar-refractivity contribution in [1.82, 2.24) is 14.3 Å². The topological polar surface area (TPSA) is 63.6 Å². The van der Waals surface area contributed by atoms with Gasteiger partial charge in [0.25, 0.3) is 5.56 Å². The molecule has 2 N–H and O–H groups in total. The first-order chi connectivity index (χ1) is 9.61. The lowest BCUT2D eigenvalue weighted by Gasteiger charge is -2.30. The summed E-state index contributed by atoms with van der Waals surface area (Å²) in [6.45, 7) is 4.58. The lowest BCUT2D eigenvalue weighted by molar-refractivity contribution is 0.199. The molecule has 1 aliphatic rings. The van der Waals surface area contributed by atoms with Crippen LogP contribution < -0.4 is 11.3 Å². The number of fused-ring (bicyclic) bond motifs is 1. The van der Waals surface area contributed by atoms with Crippen LogP contribution in [0.3, 0.4) is 0 Å². The average molecular weight is 272 g/mol. The van der Waals surface area contributed by atoms with Gasteiger partial charge in [-0.25, -0.2) is 4.98 Å². The molecule has 1 unspecified atom stereocenters. The summed E-state index contributed by atoms with van der Waals surface area (Å²) in [6, 6.07) is 5.74. The van der Waals surface area contributed by atoms with Crippen LogP contribution in [0.5, 0.6) is 0 Å². The van der Waals surface area contributed by atoms with E-state index < -0.39 is 0 Å². The Morgan fingerprint density at radius 3 is 3.10 bits per heavy atom. The SMILES string of the molecule is Cc1ccc2nc(CN3CCCC(N)C3)cc(=O)n2c1. The molecule has 3 heterocycles. The van der Waals surface area contributed by atoms with Gasteiger partial charge in [-0.2, -0.15) is 0 Å². The van der Waals surface area contributed by atoms with Gasteiger partial charge in [0.15, 0.2) is 0 Å². The molecule has 0 bridgehead atoms. The van der Waals surface area contributed by atoms with E-state index in [1.165, 1.54) is 0 Å². The Hall–Kier alpha value is -1.72. The molecule has 1 fully saturated rings. The molecular weight excluding hydrogens is 252 g/mol. The Bertz CT molecular complexity index is 679. The molecule has 20 heavy (non-hydrogen) atoms. The molecular formula is C15H20N4O. The highest BCUT2D eigenvalue weighted by molar-refractivity contribution is 5.39. The molecule has 0 aromatic carbocycles. The zero-order valence-electron chi connectivity index (χ0n) is 11.7. The van der Waals surface area contributed by atoms with Crippen molar-refractivity contribution in [1.29, 1.82) is 0 Å². The highest BCUT2D eigenvalue weighted by atomic mass is 16.1. The molecule has 0 amide bonds. The van der Waals surface area contributed by atoms with Crippen LogP contribution in [0.2, 0.25) is 0 Å². The standard InChI is InChI=1S/C15H20N4O/c1-11-4-5-14-17-13(7-15(20)19(14)8-11)10-18-6-2-3-12(16)9-18/h4-5,7-8,12H,2-3,6,9-10,16H2,1H3. The minimum Gasteiger partial charge on any atom is -0.327 e. The minimum absolute atomic E-state index is 0.0185. The van der Waals surface area contributed by atoms with E-state index in [0.29, 0.717) is 12.2 Å². The highest BCUT2D eigenvalue weighted by Crippen LogP contribution is 2.11. The fourth-order valence-corrected chi connectivity index (χ4v) is 2.80. The number of piperidine rings is 1. The molecule has 0 radical (unpaired) electrons. The van der Waals surface area contributed by atoms with Crippen LogP contribution in [-0.4, -0.2) is 33.4 Å². The summed E-state index contributed by atoms with van der Waals surface area (Å²) in [5.74, 6) is 0. The zero-order valence-corrected chi connectivity index (χ0v) is 11.7. The lowest BCUT2D eigenvalue weighted by Crippen LogP contribution is -2.42. The largest absolute Gasteiger partial charge is 0.327 e. The van der Waals surface area contributed by atoms with Crippen LogP contribution in [0.15, 0.2) is 29.2 Å². The van der Waals surface area contributed by atoms with Crippen molar-refractivity contribution in [3.05, 3.63) is 46.0 Å². The molecule has 0 aliphatic carbocycles. The highest BCUT2D eigenvalue weighted by Gasteiger charge is 2.17. The van der Waals surface area contributed by atoms with Gasteiger partial charge in [0.1, 0.15) is 5.65 Å². The maximum Gasteiger partial charge on any atom is 0.258 e. The van der Waals surface area contributed by atoms with E-state index in [1.807, 2.05) is 25.3 Å². The van der Waals surface area contributed by atoms with Crippen LogP contribution in [-0.2, 0) is 6.54 Å². The smallest absolute Gasteiger partial charge is 0.258 e. The number of hydrogen-bond acceptors (Lipinski definition) is 4. The number of hydrogen-bond donors (Lipinski definition) is 1. The van der Waals surface area contributed by atoms with Crippen molar-refractivity contribution in [2.24, 2.45) is 5.73 Å². The van der Waals surface area contributed by atoms with E-state index in [9.17, 15) is 4.79 Å². The maximum atomic E-state index is 12.1. The number of pyridine rings is 1. The normalized spacial score (nSPS) is 20.4. The van der Waals surface area contributed by atoms with Gasteiger partial charge >= 0.3 is 0 Å².